The Bertz CT molecular complexity index is 2470. The molecule has 2 aliphatic heterocycles. The van der Waals surface area contributed by atoms with Crippen LogP contribution in [0.2, 0.25) is 0 Å². The molecule has 0 bridgehead atoms. The molecule has 0 spiro atoms. The van der Waals surface area contributed by atoms with Gasteiger partial charge in [0, 0.05) is 22.3 Å². The molecule has 4 aromatic rings. The number of esters is 4. The zero-order valence-corrected chi connectivity index (χ0v) is 27.8. The highest BCUT2D eigenvalue weighted by molar-refractivity contribution is 6.10. The predicted octanol–water partition coefficient (Wildman–Crippen LogP) is 0.394. The molecule has 0 amide bonds. The monoisotopic (exact) mass is 800 g/mol. The van der Waals surface area contributed by atoms with Crippen molar-refractivity contribution in [3.63, 3.8) is 0 Å². The van der Waals surface area contributed by atoms with Crippen LogP contribution in [0, 0.1) is 0 Å². The van der Waals surface area contributed by atoms with Crippen molar-refractivity contribution in [1.29, 1.82) is 0 Å². The molecule has 2 aliphatic rings. The highest BCUT2D eigenvalue weighted by Gasteiger charge is 2.49. The molecule has 6 rings (SSSR count). The number of carbonyl (C=O) groups is 5. The molecule has 0 aromatic heterocycles. The quantitative estimate of drug-likeness (QED) is 0.0740. The number of carboxylic acid groups (broad SMARTS) is 1. The summed E-state index contributed by atoms with van der Waals surface area (Å²) in [4.78, 5) is 67.7. The zero-order valence-electron chi connectivity index (χ0n) is 27.8. The lowest BCUT2D eigenvalue weighted by Crippen LogP contribution is -2.54. The molecule has 4 atom stereocenters. The van der Waals surface area contributed by atoms with E-state index in [1.165, 1.54) is 0 Å². The Kier molecular flexibility index (Phi) is 9.17. The first-order chi connectivity index (χ1) is 26.7. The van der Waals surface area contributed by atoms with Gasteiger partial charge in [0.15, 0.2) is 58.2 Å². The maximum absolute atomic E-state index is 14.0. The van der Waals surface area contributed by atoms with E-state index in [4.69, 9.17) is 18.9 Å². The van der Waals surface area contributed by atoms with Crippen LogP contribution in [0.5, 0.6) is 69.0 Å². The fourth-order valence-corrected chi connectivity index (χ4v) is 6.04. The molecule has 57 heavy (non-hydrogen) atoms. The van der Waals surface area contributed by atoms with E-state index in [-0.39, 0.29) is 0 Å². The number of aliphatic hydroxyl groups is 1. The molecule has 0 fully saturated rings. The lowest BCUT2D eigenvalue weighted by Gasteiger charge is -2.34. The zero-order chi connectivity index (χ0) is 42.1. The number of aliphatic hydroxyl groups excluding tert-OH is 1. The van der Waals surface area contributed by atoms with Crippen molar-refractivity contribution in [2.24, 2.45) is 0 Å². The van der Waals surface area contributed by atoms with Gasteiger partial charge in [-0.2, -0.15) is 0 Å². The van der Waals surface area contributed by atoms with Crippen LogP contribution in [0.3, 0.4) is 0 Å². The smallest absolute Gasteiger partial charge is 0.349 e. The third kappa shape index (κ3) is 6.04. The van der Waals surface area contributed by atoms with E-state index >= 15 is 0 Å². The van der Waals surface area contributed by atoms with Crippen LogP contribution in [-0.4, -0.2) is 132 Å². The molecule has 0 unspecified atom stereocenters. The van der Waals surface area contributed by atoms with Gasteiger partial charge in [-0.15, -0.1) is 0 Å². The Balaban J connectivity index is 1.60. The van der Waals surface area contributed by atoms with Crippen molar-refractivity contribution >= 4 is 29.8 Å². The number of benzene rings is 4. The summed E-state index contributed by atoms with van der Waals surface area (Å²) in [6.07, 6.45) is -11.1. The molecule has 23 heteroatoms. The van der Waals surface area contributed by atoms with Gasteiger partial charge in [-0.05, 0) is 24.3 Å². The molecule has 23 nitrogen and oxygen atoms in total. The number of cyclic esters (lactones) is 4. The van der Waals surface area contributed by atoms with Crippen molar-refractivity contribution in [2.45, 2.75) is 24.4 Å². The maximum Gasteiger partial charge on any atom is 0.349 e. The number of aliphatic carboxylic acids is 1. The molecule has 4 aromatic carbocycles. The summed E-state index contributed by atoms with van der Waals surface area (Å²) in [5.41, 5.74) is -8.86. The lowest BCUT2D eigenvalue weighted by atomic mass is 9.91. The standard InChI is InChI=1S/C34H24O23/c35-10-1-6-15(23(44)19(10)40)16-7(2-11(36)20(41)24(16)45)32(51)55-27(14(39)5-54-31(6)50)28-29(30(48)49)57-34(53)9-4-13(38)22(43)26(47)18(9)17-8(33(52)56-28)3-12(37)21(42)25(17)46/h1-4,14,27-29,35-47H,5H2,(H,48,49)/t14-,27-,28+,29-/m1/s1. The number of hydrogen-bond donors (Lipinski definition) is 14. The van der Waals surface area contributed by atoms with Gasteiger partial charge in [0.05, 0.1) is 22.3 Å². The minimum absolute atomic E-state index is 0.347. The Morgan fingerprint density at radius 2 is 0.754 bits per heavy atom. The summed E-state index contributed by atoms with van der Waals surface area (Å²) in [5.74, 6) is -26.1. The maximum atomic E-state index is 14.0. The van der Waals surface area contributed by atoms with Crippen LogP contribution in [0.25, 0.3) is 22.3 Å². The number of phenols is 12. The molecule has 2 heterocycles. The average molecular weight is 801 g/mol. The lowest BCUT2D eigenvalue weighted by molar-refractivity contribution is -0.166. The van der Waals surface area contributed by atoms with Gasteiger partial charge in [-0.1, -0.05) is 0 Å². The third-order valence-corrected chi connectivity index (χ3v) is 8.75. The van der Waals surface area contributed by atoms with Gasteiger partial charge in [0.2, 0.25) is 29.1 Å². The fraction of sp³-hybridized carbons (Fsp3) is 0.147. The second-order valence-electron chi connectivity index (χ2n) is 12.1. The van der Waals surface area contributed by atoms with Gasteiger partial charge in [0.1, 0.15) is 12.7 Å². The van der Waals surface area contributed by atoms with Crippen molar-refractivity contribution in [1.82, 2.24) is 0 Å². The number of carboxylic acids is 1. The minimum Gasteiger partial charge on any atom is -0.504 e. The van der Waals surface area contributed by atoms with E-state index in [1.54, 1.807) is 0 Å². The molecule has 0 aliphatic carbocycles. The van der Waals surface area contributed by atoms with Crippen molar-refractivity contribution in [3.05, 3.63) is 46.5 Å². The first-order valence-corrected chi connectivity index (χ1v) is 15.5. The SMILES string of the molecule is O=C1OC[C@@H](O)[C@H]([C@@H]2OC(=O)c3cc(O)c(O)c(O)c3-c3c(cc(O)c(O)c3O)C(=O)O[C@H]2C(=O)O)OC(=O)c2cc(O)c(O)c(O)c2-c2c1cc(O)c(O)c2O. The van der Waals surface area contributed by atoms with Crippen molar-refractivity contribution in [3.8, 4) is 91.2 Å². The molecule has 14 N–H and O–H groups in total. The summed E-state index contributed by atoms with van der Waals surface area (Å²) in [5, 5.41) is 147. The minimum atomic E-state index is -2.95. The largest absolute Gasteiger partial charge is 0.504 e. The first kappa shape index (κ1) is 38.5. The molecule has 0 saturated carbocycles. The van der Waals surface area contributed by atoms with Gasteiger partial charge in [0.25, 0.3) is 0 Å². The molecular weight excluding hydrogens is 776 g/mol. The number of fused-ring (bicyclic) bond motifs is 6. The summed E-state index contributed by atoms with van der Waals surface area (Å²) < 4.78 is 20.6. The highest BCUT2D eigenvalue weighted by atomic mass is 16.6. The topological polar surface area (TPSA) is 405 Å². The molecule has 0 saturated heterocycles. The van der Waals surface area contributed by atoms with E-state index < -0.39 is 174 Å². The molecule has 298 valence electrons. The van der Waals surface area contributed by atoms with Crippen LogP contribution >= 0.6 is 0 Å². The van der Waals surface area contributed by atoms with Crippen molar-refractivity contribution < 1.29 is 114 Å². The van der Waals surface area contributed by atoms with Gasteiger partial charge < -0.3 is 90.4 Å². The van der Waals surface area contributed by atoms with Crippen LogP contribution in [0.15, 0.2) is 24.3 Å². The second kappa shape index (κ2) is 13.6. The van der Waals surface area contributed by atoms with Crippen LogP contribution in [0.4, 0.5) is 0 Å². The van der Waals surface area contributed by atoms with Crippen molar-refractivity contribution in [2.75, 3.05) is 6.61 Å². The third-order valence-electron chi connectivity index (χ3n) is 8.75. The van der Waals surface area contributed by atoms with E-state index in [9.17, 15) is 95.5 Å². The number of rotatable bonds is 2. The van der Waals surface area contributed by atoms with Gasteiger partial charge >= 0.3 is 29.8 Å². The summed E-state index contributed by atoms with van der Waals surface area (Å²) in [7, 11) is 0. The van der Waals surface area contributed by atoms with Crippen LogP contribution in [0.1, 0.15) is 41.4 Å². The number of phenolic OH excluding ortho intramolecular Hbond substituents is 12. The Hall–Kier alpha value is -8.21. The van der Waals surface area contributed by atoms with E-state index in [2.05, 4.69) is 0 Å². The predicted molar refractivity (Wildman–Crippen MR) is 175 cm³/mol. The summed E-state index contributed by atoms with van der Waals surface area (Å²) in [6, 6.07) is 1.50. The van der Waals surface area contributed by atoms with E-state index in [1.807, 2.05) is 0 Å². The fourth-order valence-electron chi connectivity index (χ4n) is 6.04. The van der Waals surface area contributed by atoms with Gasteiger partial charge in [-0.25, -0.2) is 24.0 Å². The highest BCUT2D eigenvalue weighted by Crippen LogP contribution is 2.55. The number of ether oxygens (including phenoxy) is 4. The normalized spacial score (nSPS) is 19.5. The Morgan fingerprint density at radius 1 is 0.456 bits per heavy atom. The van der Waals surface area contributed by atoms with Gasteiger partial charge in [-0.3, -0.25) is 0 Å². The summed E-state index contributed by atoms with van der Waals surface area (Å²) in [6.45, 7) is -1.40. The van der Waals surface area contributed by atoms with E-state index in [0.717, 1.165) is 0 Å². The van der Waals surface area contributed by atoms with Crippen LogP contribution < -0.4 is 0 Å². The van der Waals surface area contributed by atoms with E-state index in [0.29, 0.717) is 24.3 Å². The number of hydrogen-bond acceptors (Lipinski definition) is 22. The summed E-state index contributed by atoms with van der Waals surface area (Å²) >= 11 is 0. The molecule has 0 radical (unpaired) electrons. The van der Waals surface area contributed by atoms with Crippen LogP contribution in [-0.2, 0) is 23.7 Å². The Labute approximate surface area is 313 Å². The number of aromatic hydroxyl groups is 12. The average Bonchev–Trinajstić information content (AvgIpc) is 3.17. The Morgan fingerprint density at radius 3 is 1.09 bits per heavy atom. The second-order valence-corrected chi connectivity index (χ2v) is 12.1. The first-order valence-electron chi connectivity index (χ1n) is 15.5. The number of carbonyl (C=O) groups excluding carboxylic acids is 4. The molecular formula is C34H24O23.